The van der Waals surface area contributed by atoms with Gasteiger partial charge >= 0.3 is 6.03 Å². The Kier molecular flexibility index (Phi) is 7.42. The third-order valence-electron chi connectivity index (χ3n) is 6.66. The number of para-hydroxylation sites is 2. The molecule has 0 atom stereocenters. The zero-order chi connectivity index (χ0) is 26.4. The molecule has 0 radical (unpaired) electrons. The highest BCUT2D eigenvalue weighted by molar-refractivity contribution is 7.99. The van der Waals surface area contributed by atoms with Gasteiger partial charge < -0.3 is 15.2 Å². The van der Waals surface area contributed by atoms with Gasteiger partial charge in [-0.1, -0.05) is 78.5 Å². The molecular formula is C30H29N7OS. The minimum absolute atomic E-state index is 0.273. The van der Waals surface area contributed by atoms with Crippen molar-refractivity contribution in [2.75, 3.05) is 41.7 Å². The highest BCUT2D eigenvalue weighted by Gasteiger charge is 2.21. The summed E-state index contributed by atoms with van der Waals surface area (Å²) in [5, 5.41) is 7.59. The van der Waals surface area contributed by atoms with Gasteiger partial charge in [0.05, 0.1) is 0 Å². The molecule has 5 aromatic rings. The van der Waals surface area contributed by atoms with Crippen LogP contribution < -0.4 is 15.5 Å². The van der Waals surface area contributed by atoms with E-state index in [1.54, 1.807) is 11.8 Å². The Balaban J connectivity index is 1.21. The summed E-state index contributed by atoms with van der Waals surface area (Å²) in [5.74, 6) is 1.08. The largest absolute Gasteiger partial charge is 0.360 e. The van der Waals surface area contributed by atoms with E-state index in [9.17, 15) is 4.79 Å². The minimum atomic E-state index is -0.380. The molecule has 1 saturated heterocycles. The van der Waals surface area contributed by atoms with Gasteiger partial charge in [0.25, 0.3) is 0 Å². The van der Waals surface area contributed by atoms with Crippen LogP contribution in [0.2, 0.25) is 0 Å². The fourth-order valence-electron chi connectivity index (χ4n) is 4.69. The number of hydrogen-bond donors (Lipinski definition) is 3. The summed E-state index contributed by atoms with van der Waals surface area (Å²) in [6.45, 7) is 4.49. The molecule has 3 heterocycles. The maximum Gasteiger partial charge on any atom is 0.326 e. The second-order valence-electron chi connectivity index (χ2n) is 9.38. The molecule has 1 aliphatic rings. The number of amides is 2. The van der Waals surface area contributed by atoms with E-state index in [4.69, 9.17) is 9.97 Å². The van der Waals surface area contributed by atoms with E-state index in [2.05, 4.69) is 61.8 Å². The Bertz CT molecular complexity index is 1550. The van der Waals surface area contributed by atoms with Crippen molar-refractivity contribution < 1.29 is 4.79 Å². The first-order valence-electron chi connectivity index (χ1n) is 13.0. The van der Waals surface area contributed by atoms with Gasteiger partial charge in [0.2, 0.25) is 5.95 Å². The number of carbonyl (C=O) groups excluding carboxylic acids is 1. The minimum Gasteiger partial charge on any atom is -0.360 e. The van der Waals surface area contributed by atoms with E-state index in [1.165, 1.54) is 5.56 Å². The Morgan fingerprint density at radius 1 is 0.846 bits per heavy atom. The summed E-state index contributed by atoms with van der Waals surface area (Å²) >= 11 is 1.56. The van der Waals surface area contributed by atoms with Crippen LogP contribution in [0.1, 0.15) is 5.56 Å². The number of benzene rings is 3. The maximum atomic E-state index is 12.8. The van der Waals surface area contributed by atoms with Gasteiger partial charge in [0, 0.05) is 66.5 Å². The fourth-order valence-corrected chi connectivity index (χ4v) is 5.61. The van der Waals surface area contributed by atoms with Crippen molar-refractivity contribution >= 4 is 46.1 Å². The number of hydrogen-bond acceptors (Lipinski definition) is 6. The molecule has 3 aromatic carbocycles. The Morgan fingerprint density at radius 3 is 2.36 bits per heavy atom. The molecule has 1 aliphatic heterocycles. The quantitative estimate of drug-likeness (QED) is 0.219. The molecule has 0 aliphatic carbocycles. The van der Waals surface area contributed by atoms with Crippen LogP contribution in [0.25, 0.3) is 10.9 Å². The number of fused-ring (bicyclic) bond motifs is 1. The van der Waals surface area contributed by atoms with Gasteiger partial charge in [-0.2, -0.15) is 4.98 Å². The number of nitrogens with one attached hydrogen (secondary N) is 3. The summed E-state index contributed by atoms with van der Waals surface area (Å²) in [6, 6.07) is 29.7. The van der Waals surface area contributed by atoms with Crippen LogP contribution in [0, 0.1) is 0 Å². The molecule has 9 heteroatoms. The first-order valence-corrected chi connectivity index (χ1v) is 13.8. The smallest absolute Gasteiger partial charge is 0.326 e. The lowest BCUT2D eigenvalue weighted by atomic mass is 10.2. The van der Waals surface area contributed by atoms with Crippen molar-refractivity contribution in [1.29, 1.82) is 0 Å². The summed E-state index contributed by atoms with van der Waals surface area (Å²) in [5.41, 5.74) is 3.10. The van der Waals surface area contributed by atoms with E-state index in [0.29, 0.717) is 5.69 Å². The van der Waals surface area contributed by atoms with Crippen LogP contribution in [0.4, 0.5) is 22.2 Å². The van der Waals surface area contributed by atoms with Crippen molar-refractivity contribution in [2.45, 2.75) is 16.5 Å². The molecule has 0 saturated carbocycles. The van der Waals surface area contributed by atoms with Gasteiger partial charge in [-0.3, -0.25) is 10.2 Å². The van der Waals surface area contributed by atoms with Crippen LogP contribution in [0.15, 0.2) is 107 Å². The molecular weight excluding hydrogens is 506 g/mol. The number of piperazine rings is 1. The van der Waals surface area contributed by atoms with Gasteiger partial charge in [-0.05, 0) is 23.8 Å². The number of H-pyrrole nitrogens is 1. The second-order valence-corrected chi connectivity index (χ2v) is 10.4. The first kappa shape index (κ1) is 25.0. The van der Waals surface area contributed by atoms with Crippen LogP contribution in [0.3, 0.4) is 0 Å². The SMILES string of the molecule is O=C(Nc1ccccc1)Nc1nc(Sc2c[nH]c3ccccc23)cc(N2CCN(Cc3ccccc3)CC2)n1. The lowest BCUT2D eigenvalue weighted by molar-refractivity contribution is 0.249. The third kappa shape index (κ3) is 6.22. The van der Waals surface area contributed by atoms with E-state index < -0.39 is 0 Å². The van der Waals surface area contributed by atoms with Gasteiger partial charge in [-0.15, -0.1) is 0 Å². The summed E-state index contributed by atoms with van der Waals surface area (Å²) < 4.78 is 0. The number of aromatic nitrogens is 3. The Morgan fingerprint density at radius 2 is 1.56 bits per heavy atom. The molecule has 2 amide bonds. The molecule has 6 rings (SSSR count). The lowest BCUT2D eigenvalue weighted by Gasteiger charge is -2.35. The average Bonchev–Trinajstić information content (AvgIpc) is 3.37. The molecule has 0 bridgehead atoms. The number of urea groups is 1. The molecule has 1 fully saturated rings. The number of nitrogens with zero attached hydrogens (tertiary/aromatic N) is 4. The van der Waals surface area contributed by atoms with E-state index in [-0.39, 0.29) is 12.0 Å². The van der Waals surface area contributed by atoms with E-state index in [0.717, 1.165) is 59.4 Å². The van der Waals surface area contributed by atoms with Crippen molar-refractivity contribution in [3.63, 3.8) is 0 Å². The molecule has 8 nitrogen and oxygen atoms in total. The van der Waals surface area contributed by atoms with Gasteiger partial charge in [0.15, 0.2) is 0 Å². The van der Waals surface area contributed by atoms with Crippen molar-refractivity contribution in [3.05, 3.63) is 103 Å². The molecule has 0 spiro atoms. The maximum absolute atomic E-state index is 12.8. The van der Waals surface area contributed by atoms with Gasteiger partial charge in [0.1, 0.15) is 10.8 Å². The molecule has 39 heavy (non-hydrogen) atoms. The van der Waals surface area contributed by atoms with Crippen LogP contribution >= 0.6 is 11.8 Å². The Hall–Kier alpha value is -4.34. The predicted octanol–water partition coefficient (Wildman–Crippen LogP) is 6.08. The molecule has 196 valence electrons. The number of aromatic amines is 1. The zero-order valence-corrected chi connectivity index (χ0v) is 22.2. The fraction of sp³-hybridized carbons (Fsp3) is 0.167. The van der Waals surface area contributed by atoms with Crippen molar-refractivity contribution in [3.8, 4) is 0 Å². The summed E-state index contributed by atoms with van der Waals surface area (Å²) in [6.07, 6.45) is 1.99. The zero-order valence-electron chi connectivity index (χ0n) is 21.4. The standard InChI is InChI=1S/C30H29N7OS/c38-30(32-23-11-5-2-6-12-23)35-29-33-27(37-17-15-36(16-18-37)21-22-9-3-1-4-10-22)19-28(34-29)39-26-20-31-25-14-8-7-13-24(25)26/h1-14,19-20,31H,15-18,21H2,(H2,32,33,34,35,38). The van der Waals surface area contributed by atoms with E-state index in [1.807, 2.05) is 60.8 Å². The molecule has 2 aromatic heterocycles. The van der Waals surface area contributed by atoms with Crippen LogP contribution in [0.5, 0.6) is 0 Å². The highest BCUT2D eigenvalue weighted by Crippen LogP contribution is 2.34. The molecule has 0 unspecified atom stereocenters. The highest BCUT2D eigenvalue weighted by atomic mass is 32.2. The lowest BCUT2D eigenvalue weighted by Crippen LogP contribution is -2.46. The average molecular weight is 536 g/mol. The third-order valence-corrected chi connectivity index (χ3v) is 7.63. The van der Waals surface area contributed by atoms with Crippen LogP contribution in [-0.2, 0) is 6.54 Å². The second kappa shape index (κ2) is 11.6. The van der Waals surface area contributed by atoms with Crippen LogP contribution in [-0.4, -0.2) is 52.1 Å². The summed E-state index contributed by atoms with van der Waals surface area (Å²) in [4.78, 5) is 31.3. The van der Waals surface area contributed by atoms with Gasteiger partial charge in [-0.25, -0.2) is 9.78 Å². The topological polar surface area (TPSA) is 89.2 Å². The first-order chi connectivity index (χ1) is 19.2. The number of rotatable bonds is 7. The monoisotopic (exact) mass is 535 g/mol. The predicted molar refractivity (Wildman–Crippen MR) is 157 cm³/mol. The Labute approximate surface area is 231 Å². The molecule has 3 N–H and O–H groups in total. The van der Waals surface area contributed by atoms with Crippen molar-refractivity contribution in [1.82, 2.24) is 19.9 Å². The summed E-state index contributed by atoms with van der Waals surface area (Å²) in [7, 11) is 0. The van der Waals surface area contributed by atoms with Crippen molar-refractivity contribution in [2.24, 2.45) is 0 Å². The number of carbonyl (C=O) groups is 1. The number of anilines is 3. The normalized spacial score (nSPS) is 13.9. The van der Waals surface area contributed by atoms with E-state index >= 15 is 0 Å².